The van der Waals surface area contributed by atoms with E-state index in [0.29, 0.717) is 16.9 Å². The average Bonchev–Trinajstić information content (AvgIpc) is 2.54. The first kappa shape index (κ1) is 18.8. The van der Waals surface area contributed by atoms with E-state index in [9.17, 15) is 18.0 Å². The van der Waals surface area contributed by atoms with Gasteiger partial charge in [0.25, 0.3) is 0 Å². The molecule has 3 nitrogen and oxygen atoms in total. The van der Waals surface area contributed by atoms with Gasteiger partial charge in [0.05, 0.1) is 5.56 Å². The van der Waals surface area contributed by atoms with E-state index < -0.39 is 17.7 Å². The fraction of sp³-hybridized carbons (Fsp3) is 0.316. The first-order valence-corrected chi connectivity index (χ1v) is 7.82. The maximum Gasteiger partial charge on any atom is 0.419 e. The summed E-state index contributed by atoms with van der Waals surface area (Å²) in [5.41, 5.74) is 0.974. The van der Waals surface area contributed by atoms with Gasteiger partial charge in [-0.05, 0) is 37.6 Å². The zero-order chi connectivity index (χ0) is 18.6. The van der Waals surface area contributed by atoms with Gasteiger partial charge in [0, 0.05) is 12.0 Å². The zero-order valence-corrected chi connectivity index (χ0v) is 14.2. The molecule has 0 radical (unpaired) electrons. The third kappa shape index (κ3) is 4.75. The summed E-state index contributed by atoms with van der Waals surface area (Å²) >= 11 is 0. The van der Waals surface area contributed by atoms with Crippen molar-refractivity contribution in [3.05, 3.63) is 58.7 Å². The molecule has 134 valence electrons. The standard InChI is InChI=1S/C19H19F3O3/c1-4-18(23)25-16-7-5-6-13(3)14(16)11-24-17-9-8-12(2)10-15(17)19(20,21)22/h5-10H,4,11H2,1-3H3. The molecule has 2 aromatic carbocycles. The highest BCUT2D eigenvalue weighted by Crippen LogP contribution is 2.37. The van der Waals surface area contributed by atoms with E-state index in [4.69, 9.17) is 9.47 Å². The Morgan fingerprint density at radius 2 is 1.80 bits per heavy atom. The molecule has 0 spiro atoms. The summed E-state index contributed by atoms with van der Waals surface area (Å²) in [7, 11) is 0. The first-order chi connectivity index (χ1) is 11.7. The average molecular weight is 352 g/mol. The molecule has 0 aliphatic carbocycles. The van der Waals surface area contributed by atoms with Crippen LogP contribution in [-0.4, -0.2) is 5.97 Å². The molecule has 0 unspecified atom stereocenters. The summed E-state index contributed by atoms with van der Waals surface area (Å²) in [6, 6.07) is 8.99. The van der Waals surface area contributed by atoms with Crippen LogP contribution in [0.15, 0.2) is 36.4 Å². The van der Waals surface area contributed by atoms with E-state index in [1.807, 2.05) is 0 Å². The Hall–Kier alpha value is -2.50. The van der Waals surface area contributed by atoms with Gasteiger partial charge in [0.15, 0.2) is 0 Å². The van der Waals surface area contributed by atoms with E-state index in [-0.39, 0.29) is 18.8 Å². The molecule has 0 N–H and O–H groups in total. The lowest BCUT2D eigenvalue weighted by Gasteiger charge is -2.17. The van der Waals surface area contributed by atoms with Crippen LogP contribution in [0.4, 0.5) is 13.2 Å². The molecule has 0 saturated carbocycles. The van der Waals surface area contributed by atoms with Crippen LogP contribution in [0.1, 0.15) is 35.6 Å². The normalized spacial score (nSPS) is 11.3. The van der Waals surface area contributed by atoms with Crippen LogP contribution >= 0.6 is 0 Å². The molecule has 0 fully saturated rings. The minimum Gasteiger partial charge on any atom is -0.488 e. The van der Waals surface area contributed by atoms with Gasteiger partial charge in [-0.1, -0.05) is 30.7 Å². The van der Waals surface area contributed by atoms with Gasteiger partial charge in [-0.25, -0.2) is 0 Å². The number of hydrogen-bond donors (Lipinski definition) is 0. The number of alkyl halides is 3. The monoisotopic (exact) mass is 352 g/mol. The Morgan fingerprint density at radius 1 is 1.08 bits per heavy atom. The Balaban J connectivity index is 2.29. The van der Waals surface area contributed by atoms with Gasteiger partial charge in [-0.15, -0.1) is 0 Å². The third-order valence-corrected chi connectivity index (χ3v) is 3.69. The molecule has 2 aromatic rings. The highest BCUT2D eigenvalue weighted by atomic mass is 19.4. The lowest BCUT2D eigenvalue weighted by atomic mass is 10.1. The highest BCUT2D eigenvalue weighted by Gasteiger charge is 2.34. The Labute approximate surface area is 144 Å². The zero-order valence-electron chi connectivity index (χ0n) is 14.2. The molecule has 0 aliphatic rings. The SMILES string of the molecule is CCC(=O)Oc1cccc(C)c1COc1ccc(C)cc1C(F)(F)F. The molecule has 0 heterocycles. The van der Waals surface area contributed by atoms with Gasteiger partial charge in [-0.3, -0.25) is 4.79 Å². The summed E-state index contributed by atoms with van der Waals surface area (Å²) in [5.74, 6) is -0.375. The summed E-state index contributed by atoms with van der Waals surface area (Å²) in [6.45, 7) is 4.89. The van der Waals surface area contributed by atoms with Gasteiger partial charge in [0.1, 0.15) is 18.1 Å². The van der Waals surface area contributed by atoms with Crippen molar-refractivity contribution in [2.24, 2.45) is 0 Å². The molecule has 0 saturated heterocycles. The number of carbonyl (C=O) groups is 1. The van der Waals surface area contributed by atoms with Crippen molar-refractivity contribution in [1.82, 2.24) is 0 Å². The summed E-state index contributed by atoms with van der Waals surface area (Å²) in [4.78, 5) is 11.5. The van der Waals surface area contributed by atoms with Gasteiger partial charge < -0.3 is 9.47 Å². The maximum absolute atomic E-state index is 13.2. The quantitative estimate of drug-likeness (QED) is 0.547. The van der Waals surface area contributed by atoms with E-state index in [0.717, 1.165) is 11.6 Å². The fourth-order valence-corrected chi connectivity index (χ4v) is 2.29. The minimum absolute atomic E-state index is 0.134. The number of rotatable bonds is 5. The maximum atomic E-state index is 13.2. The molecule has 2 rings (SSSR count). The van der Waals surface area contributed by atoms with E-state index in [1.165, 1.54) is 6.07 Å². The Kier molecular flexibility index (Phi) is 5.72. The molecular formula is C19H19F3O3. The number of hydrogen-bond acceptors (Lipinski definition) is 3. The summed E-state index contributed by atoms with van der Waals surface area (Å²) < 4.78 is 50.2. The van der Waals surface area contributed by atoms with Crippen molar-refractivity contribution in [3.8, 4) is 11.5 Å². The molecule has 0 amide bonds. The molecule has 0 bridgehead atoms. The van der Waals surface area contributed by atoms with Crippen LogP contribution in [0.3, 0.4) is 0 Å². The Morgan fingerprint density at radius 3 is 2.44 bits per heavy atom. The second-order valence-electron chi connectivity index (χ2n) is 5.67. The molecule has 0 aliphatic heterocycles. The number of esters is 1. The molecule has 6 heteroatoms. The van der Waals surface area contributed by atoms with Crippen molar-refractivity contribution in [2.75, 3.05) is 0 Å². The van der Waals surface area contributed by atoms with Crippen molar-refractivity contribution >= 4 is 5.97 Å². The van der Waals surface area contributed by atoms with E-state index in [1.54, 1.807) is 45.0 Å². The van der Waals surface area contributed by atoms with Crippen LogP contribution in [0.2, 0.25) is 0 Å². The summed E-state index contributed by atoms with van der Waals surface area (Å²) in [5, 5.41) is 0. The Bertz CT molecular complexity index is 767. The molecule has 0 aromatic heterocycles. The highest BCUT2D eigenvalue weighted by molar-refractivity contribution is 5.72. The van der Waals surface area contributed by atoms with Crippen LogP contribution in [0.25, 0.3) is 0 Å². The van der Waals surface area contributed by atoms with Gasteiger partial charge >= 0.3 is 12.1 Å². The topological polar surface area (TPSA) is 35.5 Å². The van der Waals surface area contributed by atoms with E-state index >= 15 is 0 Å². The van der Waals surface area contributed by atoms with Crippen molar-refractivity contribution in [2.45, 2.75) is 40.0 Å². The third-order valence-electron chi connectivity index (χ3n) is 3.69. The van der Waals surface area contributed by atoms with Crippen LogP contribution in [0.5, 0.6) is 11.5 Å². The second kappa shape index (κ2) is 7.59. The summed E-state index contributed by atoms with van der Waals surface area (Å²) in [6.07, 6.45) is -4.31. The fourth-order valence-electron chi connectivity index (χ4n) is 2.29. The smallest absolute Gasteiger partial charge is 0.419 e. The number of benzene rings is 2. The van der Waals surface area contributed by atoms with Crippen LogP contribution in [0, 0.1) is 13.8 Å². The van der Waals surface area contributed by atoms with Gasteiger partial charge in [0.2, 0.25) is 0 Å². The van der Waals surface area contributed by atoms with Crippen molar-refractivity contribution in [1.29, 1.82) is 0 Å². The number of carbonyl (C=O) groups excluding carboxylic acids is 1. The largest absolute Gasteiger partial charge is 0.488 e. The number of halogens is 3. The predicted octanol–water partition coefficient (Wildman–Crippen LogP) is 5.22. The predicted molar refractivity (Wildman–Crippen MR) is 87.6 cm³/mol. The molecule has 0 atom stereocenters. The van der Waals surface area contributed by atoms with E-state index in [2.05, 4.69) is 0 Å². The lowest BCUT2D eigenvalue weighted by Crippen LogP contribution is -2.11. The second-order valence-corrected chi connectivity index (χ2v) is 5.67. The first-order valence-electron chi connectivity index (χ1n) is 7.82. The molecular weight excluding hydrogens is 333 g/mol. The number of ether oxygens (including phenoxy) is 2. The van der Waals surface area contributed by atoms with Crippen LogP contribution < -0.4 is 9.47 Å². The number of aryl methyl sites for hydroxylation is 2. The van der Waals surface area contributed by atoms with Gasteiger partial charge in [-0.2, -0.15) is 13.2 Å². The lowest BCUT2D eigenvalue weighted by molar-refractivity contribution is -0.139. The van der Waals surface area contributed by atoms with Crippen molar-refractivity contribution < 1.29 is 27.4 Å². The van der Waals surface area contributed by atoms with Crippen LogP contribution in [-0.2, 0) is 17.6 Å². The minimum atomic E-state index is -4.51. The molecule has 25 heavy (non-hydrogen) atoms. The van der Waals surface area contributed by atoms with Crippen molar-refractivity contribution in [3.63, 3.8) is 0 Å².